The number of likely N-dealkylation sites (N-methyl/N-ethyl adjacent to an activating group) is 1. The minimum Gasteiger partial charge on any atom is -0.490 e. The third-order valence-electron chi connectivity index (χ3n) is 3.39. The summed E-state index contributed by atoms with van der Waals surface area (Å²) in [6, 6.07) is 5.72. The van der Waals surface area contributed by atoms with Crippen LogP contribution in [0.25, 0.3) is 0 Å². The fraction of sp³-hybridized carbons (Fsp3) is 0.533. The number of hydrogen-bond acceptors (Lipinski definition) is 5. The van der Waals surface area contributed by atoms with Gasteiger partial charge in [-0.2, -0.15) is 0 Å². The van der Waals surface area contributed by atoms with Crippen LogP contribution in [-0.2, 0) is 4.74 Å². The summed E-state index contributed by atoms with van der Waals surface area (Å²) in [5.74, 6) is 0.251. The van der Waals surface area contributed by atoms with Gasteiger partial charge in [-0.1, -0.05) is 0 Å². The Morgan fingerprint density at radius 1 is 1.45 bits per heavy atom. The van der Waals surface area contributed by atoms with Gasteiger partial charge >= 0.3 is 5.97 Å². The van der Waals surface area contributed by atoms with Gasteiger partial charge in [0.15, 0.2) is 0 Å². The number of nitrogens with zero attached hydrogens (tertiary/aromatic N) is 1. The van der Waals surface area contributed by atoms with E-state index in [9.17, 15) is 4.79 Å². The van der Waals surface area contributed by atoms with Crippen LogP contribution in [0.3, 0.4) is 0 Å². The topological polar surface area (TPSA) is 64.8 Å². The Morgan fingerprint density at radius 2 is 2.20 bits per heavy atom. The molecule has 0 aliphatic heterocycles. The molecule has 0 saturated heterocycles. The van der Waals surface area contributed by atoms with Crippen molar-refractivity contribution in [2.24, 2.45) is 0 Å². The highest BCUT2D eigenvalue weighted by molar-refractivity contribution is 5.91. The zero-order valence-corrected chi connectivity index (χ0v) is 12.1. The zero-order valence-electron chi connectivity index (χ0n) is 12.1. The van der Waals surface area contributed by atoms with Crippen molar-refractivity contribution < 1.29 is 14.3 Å². The summed E-state index contributed by atoms with van der Waals surface area (Å²) in [7, 11) is 2.11. The normalized spacial score (nSPS) is 14.3. The lowest BCUT2D eigenvalue weighted by molar-refractivity contribution is 0.0526. The first-order valence-corrected chi connectivity index (χ1v) is 7.01. The number of hydrogen-bond donors (Lipinski definition) is 1. The number of rotatable bonds is 7. The Balaban J connectivity index is 1.86. The maximum absolute atomic E-state index is 11.6. The van der Waals surface area contributed by atoms with E-state index in [0.29, 0.717) is 30.2 Å². The molecule has 0 unspecified atom stereocenters. The highest BCUT2D eigenvalue weighted by atomic mass is 16.5. The molecule has 0 amide bonds. The zero-order chi connectivity index (χ0) is 14.5. The highest BCUT2D eigenvalue weighted by Crippen LogP contribution is 2.26. The summed E-state index contributed by atoms with van der Waals surface area (Å²) in [5, 5.41) is 0. The third-order valence-corrected chi connectivity index (χ3v) is 3.39. The molecule has 5 heteroatoms. The summed E-state index contributed by atoms with van der Waals surface area (Å²) in [6.07, 6.45) is 2.57. The first kappa shape index (κ1) is 14.7. The van der Waals surface area contributed by atoms with E-state index in [4.69, 9.17) is 15.2 Å². The van der Waals surface area contributed by atoms with Crippen molar-refractivity contribution in [1.82, 2.24) is 4.90 Å². The lowest BCUT2D eigenvalue weighted by Crippen LogP contribution is -2.26. The molecule has 0 bridgehead atoms. The molecular weight excluding hydrogens is 256 g/mol. The van der Waals surface area contributed by atoms with Gasteiger partial charge in [0, 0.05) is 12.6 Å². The van der Waals surface area contributed by atoms with Gasteiger partial charge < -0.3 is 20.1 Å². The van der Waals surface area contributed by atoms with E-state index >= 15 is 0 Å². The second-order valence-corrected chi connectivity index (χ2v) is 5.03. The van der Waals surface area contributed by atoms with Crippen LogP contribution < -0.4 is 10.5 Å². The van der Waals surface area contributed by atoms with Crippen LogP contribution in [0.5, 0.6) is 5.75 Å². The summed E-state index contributed by atoms with van der Waals surface area (Å²) in [5.41, 5.74) is 6.81. The smallest absolute Gasteiger partial charge is 0.338 e. The molecular formula is C15H22N2O3. The van der Waals surface area contributed by atoms with Gasteiger partial charge in [0.05, 0.1) is 17.9 Å². The van der Waals surface area contributed by atoms with Crippen molar-refractivity contribution in [1.29, 1.82) is 0 Å². The molecule has 1 aliphatic rings. The maximum Gasteiger partial charge on any atom is 0.338 e. The van der Waals surface area contributed by atoms with Crippen molar-refractivity contribution in [3.05, 3.63) is 23.8 Å². The van der Waals surface area contributed by atoms with E-state index in [1.165, 1.54) is 12.8 Å². The van der Waals surface area contributed by atoms with Crippen LogP contribution in [0, 0.1) is 0 Å². The molecule has 1 aromatic carbocycles. The van der Waals surface area contributed by atoms with E-state index in [2.05, 4.69) is 11.9 Å². The maximum atomic E-state index is 11.6. The van der Waals surface area contributed by atoms with Gasteiger partial charge in [0.1, 0.15) is 12.4 Å². The monoisotopic (exact) mass is 278 g/mol. The first-order chi connectivity index (χ1) is 9.61. The highest BCUT2D eigenvalue weighted by Gasteiger charge is 2.25. The van der Waals surface area contributed by atoms with Crippen LogP contribution in [0.15, 0.2) is 18.2 Å². The van der Waals surface area contributed by atoms with E-state index in [1.807, 2.05) is 0 Å². The van der Waals surface area contributed by atoms with Gasteiger partial charge in [-0.25, -0.2) is 4.79 Å². The van der Waals surface area contributed by atoms with E-state index in [0.717, 1.165) is 12.6 Å². The number of benzene rings is 1. The standard InChI is InChI=1S/C15H22N2O3/c1-3-19-15(18)11-4-7-14(13(16)10-11)20-9-8-17(2)12-5-6-12/h4,7,10,12H,3,5-6,8-9,16H2,1-2H3. The van der Waals surface area contributed by atoms with Gasteiger partial charge in [0.2, 0.25) is 0 Å². The quantitative estimate of drug-likeness (QED) is 0.610. The van der Waals surface area contributed by atoms with Crippen LogP contribution in [0.1, 0.15) is 30.1 Å². The molecule has 20 heavy (non-hydrogen) atoms. The minimum atomic E-state index is -0.362. The number of nitrogens with two attached hydrogens (primary N) is 1. The average molecular weight is 278 g/mol. The fourth-order valence-electron chi connectivity index (χ4n) is 2.02. The summed E-state index contributed by atoms with van der Waals surface area (Å²) < 4.78 is 10.6. The predicted octanol–water partition coefficient (Wildman–Crippen LogP) is 1.92. The molecule has 1 saturated carbocycles. The van der Waals surface area contributed by atoms with Gasteiger partial charge in [-0.15, -0.1) is 0 Å². The van der Waals surface area contributed by atoms with Crippen LogP contribution in [0.4, 0.5) is 5.69 Å². The molecule has 0 radical (unpaired) electrons. The van der Waals surface area contributed by atoms with Crippen molar-refractivity contribution in [2.75, 3.05) is 32.5 Å². The Hall–Kier alpha value is -1.75. The van der Waals surface area contributed by atoms with Crippen LogP contribution >= 0.6 is 0 Å². The molecule has 5 nitrogen and oxygen atoms in total. The molecule has 1 fully saturated rings. The Kier molecular flexibility index (Phi) is 4.84. The fourth-order valence-corrected chi connectivity index (χ4v) is 2.02. The largest absolute Gasteiger partial charge is 0.490 e. The van der Waals surface area contributed by atoms with Crippen molar-refractivity contribution in [2.45, 2.75) is 25.8 Å². The van der Waals surface area contributed by atoms with E-state index < -0.39 is 0 Å². The lowest BCUT2D eigenvalue weighted by Gasteiger charge is -2.16. The first-order valence-electron chi connectivity index (χ1n) is 7.01. The Labute approximate surface area is 119 Å². The van der Waals surface area contributed by atoms with Gasteiger partial charge in [0.25, 0.3) is 0 Å². The molecule has 1 aliphatic carbocycles. The van der Waals surface area contributed by atoms with E-state index in [1.54, 1.807) is 25.1 Å². The third kappa shape index (κ3) is 3.87. The summed E-state index contributed by atoms with van der Waals surface area (Å²) in [4.78, 5) is 13.9. The molecule has 0 atom stereocenters. The van der Waals surface area contributed by atoms with Gasteiger partial charge in [-0.3, -0.25) is 0 Å². The number of carbonyl (C=O) groups excluding carboxylic acids is 1. The number of esters is 1. The van der Waals surface area contributed by atoms with Gasteiger partial charge in [-0.05, 0) is 45.0 Å². The number of carbonyl (C=O) groups is 1. The SMILES string of the molecule is CCOC(=O)c1ccc(OCCN(C)C2CC2)c(N)c1. The second kappa shape index (κ2) is 6.61. The Bertz CT molecular complexity index is 472. The second-order valence-electron chi connectivity index (χ2n) is 5.03. The molecule has 0 spiro atoms. The number of anilines is 1. The van der Waals surface area contributed by atoms with Crippen molar-refractivity contribution in [3.8, 4) is 5.75 Å². The molecule has 2 rings (SSSR count). The van der Waals surface area contributed by atoms with Crippen LogP contribution in [-0.4, -0.2) is 43.7 Å². The molecule has 1 aromatic rings. The summed E-state index contributed by atoms with van der Waals surface area (Å²) in [6.45, 7) is 3.60. The van der Waals surface area contributed by atoms with Crippen molar-refractivity contribution >= 4 is 11.7 Å². The Morgan fingerprint density at radius 3 is 2.80 bits per heavy atom. The van der Waals surface area contributed by atoms with E-state index in [-0.39, 0.29) is 5.97 Å². The molecule has 2 N–H and O–H groups in total. The minimum absolute atomic E-state index is 0.352. The summed E-state index contributed by atoms with van der Waals surface area (Å²) >= 11 is 0. The molecule has 0 heterocycles. The molecule has 110 valence electrons. The molecule has 0 aromatic heterocycles. The van der Waals surface area contributed by atoms with Crippen molar-refractivity contribution in [3.63, 3.8) is 0 Å². The average Bonchev–Trinajstić information content (AvgIpc) is 3.25. The predicted molar refractivity (Wildman–Crippen MR) is 78.0 cm³/mol. The number of nitrogen functional groups attached to an aromatic ring is 1. The van der Waals surface area contributed by atoms with Crippen LogP contribution in [0.2, 0.25) is 0 Å². The number of ether oxygens (including phenoxy) is 2. The lowest BCUT2D eigenvalue weighted by atomic mass is 10.2.